The lowest BCUT2D eigenvalue weighted by Crippen LogP contribution is -2.35. The van der Waals surface area contributed by atoms with Gasteiger partial charge in [0.1, 0.15) is 0 Å². The lowest BCUT2D eigenvalue weighted by atomic mass is 10.1. The zero-order chi connectivity index (χ0) is 11.3. The Labute approximate surface area is 89.9 Å². The summed E-state index contributed by atoms with van der Waals surface area (Å²) in [6.45, 7) is 7.27. The summed E-state index contributed by atoms with van der Waals surface area (Å²) in [6.07, 6.45) is 2.35. The molecule has 0 bridgehead atoms. The van der Waals surface area contributed by atoms with Gasteiger partial charge in [-0.15, -0.1) is 5.10 Å². The van der Waals surface area contributed by atoms with Crippen molar-refractivity contribution in [3.05, 3.63) is 11.9 Å². The highest BCUT2D eigenvalue weighted by Gasteiger charge is 2.09. The van der Waals surface area contributed by atoms with Gasteiger partial charge in [-0.1, -0.05) is 5.21 Å². The molecular weight excluding hydrogens is 195 g/mol. The molecule has 0 unspecified atom stereocenters. The van der Waals surface area contributed by atoms with Gasteiger partial charge in [0.05, 0.1) is 12.4 Å². The molecule has 0 spiro atoms. The molecule has 0 fully saturated rings. The first-order valence-corrected chi connectivity index (χ1v) is 5.21. The van der Waals surface area contributed by atoms with Crippen LogP contribution in [0.5, 0.6) is 0 Å². The van der Waals surface area contributed by atoms with Crippen LogP contribution < -0.4 is 5.32 Å². The fraction of sp³-hybridized carbons (Fsp3) is 0.800. The number of halogens is 1. The largest absolute Gasteiger partial charge is 0.306 e. The molecule has 0 aliphatic heterocycles. The summed E-state index contributed by atoms with van der Waals surface area (Å²) >= 11 is 0. The summed E-state index contributed by atoms with van der Waals surface area (Å²) in [5, 5.41) is 11.2. The van der Waals surface area contributed by atoms with E-state index in [2.05, 4.69) is 36.4 Å². The molecule has 0 aromatic carbocycles. The lowest BCUT2D eigenvalue weighted by molar-refractivity contribution is 0.421. The van der Waals surface area contributed by atoms with E-state index < -0.39 is 0 Å². The minimum Gasteiger partial charge on any atom is -0.306 e. The number of hydrogen-bond acceptors (Lipinski definition) is 3. The average molecular weight is 214 g/mol. The summed E-state index contributed by atoms with van der Waals surface area (Å²) in [5.74, 6) is 0. The van der Waals surface area contributed by atoms with Crippen molar-refractivity contribution >= 4 is 0 Å². The molecule has 0 radical (unpaired) electrons. The van der Waals surface area contributed by atoms with Gasteiger partial charge < -0.3 is 5.32 Å². The third-order valence-electron chi connectivity index (χ3n) is 1.91. The van der Waals surface area contributed by atoms with Crippen LogP contribution in [0.3, 0.4) is 0 Å². The van der Waals surface area contributed by atoms with E-state index in [1.165, 1.54) is 0 Å². The maximum Gasteiger partial charge on any atom is 0.0965 e. The smallest absolute Gasteiger partial charge is 0.0965 e. The van der Waals surface area contributed by atoms with Crippen molar-refractivity contribution in [2.75, 3.05) is 6.67 Å². The molecule has 0 aliphatic carbocycles. The van der Waals surface area contributed by atoms with Crippen LogP contribution in [0.25, 0.3) is 0 Å². The van der Waals surface area contributed by atoms with Crippen LogP contribution in [-0.4, -0.2) is 27.2 Å². The van der Waals surface area contributed by atoms with Crippen molar-refractivity contribution < 1.29 is 4.39 Å². The number of aryl methyl sites for hydroxylation is 1. The van der Waals surface area contributed by atoms with Crippen LogP contribution in [-0.2, 0) is 13.1 Å². The SMILES string of the molecule is CC(C)(C)NCc1cn(CCCF)nn1. The van der Waals surface area contributed by atoms with Crippen molar-refractivity contribution in [3.63, 3.8) is 0 Å². The Bertz CT molecular complexity index is 290. The second-order valence-electron chi connectivity index (χ2n) is 4.62. The molecule has 0 saturated carbocycles. The second-order valence-corrected chi connectivity index (χ2v) is 4.62. The minimum atomic E-state index is -0.310. The van der Waals surface area contributed by atoms with Gasteiger partial charge in [-0.2, -0.15) is 0 Å². The van der Waals surface area contributed by atoms with Crippen molar-refractivity contribution in [3.8, 4) is 0 Å². The molecule has 1 aromatic heterocycles. The van der Waals surface area contributed by atoms with E-state index in [1.807, 2.05) is 6.20 Å². The Hall–Kier alpha value is -0.970. The van der Waals surface area contributed by atoms with E-state index in [1.54, 1.807) is 4.68 Å². The van der Waals surface area contributed by atoms with Crippen LogP contribution in [0.15, 0.2) is 6.20 Å². The van der Waals surface area contributed by atoms with E-state index >= 15 is 0 Å². The summed E-state index contributed by atoms with van der Waals surface area (Å²) in [7, 11) is 0. The number of nitrogens with one attached hydrogen (secondary N) is 1. The van der Waals surface area contributed by atoms with E-state index in [-0.39, 0.29) is 12.2 Å². The van der Waals surface area contributed by atoms with Gasteiger partial charge in [0.25, 0.3) is 0 Å². The highest BCUT2D eigenvalue weighted by atomic mass is 19.1. The third-order valence-corrected chi connectivity index (χ3v) is 1.91. The number of nitrogens with zero attached hydrogens (tertiary/aromatic N) is 3. The summed E-state index contributed by atoms with van der Waals surface area (Å²) in [4.78, 5) is 0. The highest BCUT2D eigenvalue weighted by molar-refractivity contribution is 4.92. The summed E-state index contributed by atoms with van der Waals surface area (Å²) < 4.78 is 13.6. The molecule has 1 rings (SSSR count). The fourth-order valence-corrected chi connectivity index (χ4v) is 1.11. The molecular formula is C10H19FN4. The van der Waals surface area contributed by atoms with Crippen LogP contribution in [0.4, 0.5) is 4.39 Å². The predicted molar refractivity (Wildman–Crippen MR) is 57.2 cm³/mol. The van der Waals surface area contributed by atoms with E-state index in [0.717, 1.165) is 5.69 Å². The standard InChI is InChI=1S/C10H19FN4/c1-10(2,3)12-7-9-8-15(14-13-9)6-4-5-11/h8,12H,4-7H2,1-3H3. The highest BCUT2D eigenvalue weighted by Crippen LogP contribution is 2.01. The molecule has 1 heterocycles. The zero-order valence-corrected chi connectivity index (χ0v) is 9.63. The van der Waals surface area contributed by atoms with Gasteiger partial charge in [0.2, 0.25) is 0 Å². The molecule has 0 amide bonds. The topological polar surface area (TPSA) is 42.7 Å². The second kappa shape index (κ2) is 5.21. The Kier molecular flexibility index (Phi) is 4.20. The first kappa shape index (κ1) is 12.1. The molecule has 0 atom stereocenters. The number of rotatable bonds is 5. The minimum absolute atomic E-state index is 0.0721. The summed E-state index contributed by atoms with van der Waals surface area (Å²) in [6, 6.07) is 0. The van der Waals surface area contributed by atoms with Gasteiger partial charge in [-0.3, -0.25) is 9.07 Å². The molecule has 1 aromatic rings. The van der Waals surface area contributed by atoms with Crippen molar-refractivity contribution in [1.29, 1.82) is 0 Å². The Morgan fingerprint density at radius 3 is 2.80 bits per heavy atom. The zero-order valence-electron chi connectivity index (χ0n) is 9.63. The van der Waals surface area contributed by atoms with Crippen LogP contribution in [0, 0.1) is 0 Å². The molecule has 4 nitrogen and oxygen atoms in total. The third kappa shape index (κ3) is 4.88. The van der Waals surface area contributed by atoms with Gasteiger partial charge in [0.15, 0.2) is 0 Å². The maximum atomic E-state index is 11.9. The first-order valence-electron chi connectivity index (χ1n) is 5.21. The Balaban J connectivity index is 2.39. The molecule has 86 valence electrons. The van der Waals surface area contributed by atoms with Crippen LogP contribution in [0.2, 0.25) is 0 Å². The van der Waals surface area contributed by atoms with Crippen LogP contribution in [0.1, 0.15) is 32.9 Å². The van der Waals surface area contributed by atoms with Crippen molar-refractivity contribution in [2.24, 2.45) is 0 Å². The number of hydrogen-bond donors (Lipinski definition) is 1. The Morgan fingerprint density at radius 1 is 1.47 bits per heavy atom. The summed E-state index contributed by atoms with van der Waals surface area (Å²) in [5.41, 5.74) is 0.965. The van der Waals surface area contributed by atoms with E-state index in [0.29, 0.717) is 19.5 Å². The van der Waals surface area contributed by atoms with Gasteiger partial charge in [0, 0.05) is 24.8 Å². The molecule has 5 heteroatoms. The molecule has 0 saturated heterocycles. The quantitative estimate of drug-likeness (QED) is 0.808. The fourth-order valence-electron chi connectivity index (χ4n) is 1.11. The van der Waals surface area contributed by atoms with Gasteiger partial charge in [-0.25, -0.2) is 0 Å². The molecule has 0 aliphatic rings. The van der Waals surface area contributed by atoms with Gasteiger partial charge in [-0.05, 0) is 27.2 Å². The molecule has 1 N–H and O–H groups in total. The lowest BCUT2D eigenvalue weighted by Gasteiger charge is -2.19. The normalized spacial score (nSPS) is 12.0. The van der Waals surface area contributed by atoms with E-state index in [9.17, 15) is 4.39 Å². The number of alkyl halides is 1. The van der Waals surface area contributed by atoms with Crippen molar-refractivity contribution in [1.82, 2.24) is 20.3 Å². The Morgan fingerprint density at radius 2 is 2.20 bits per heavy atom. The maximum absolute atomic E-state index is 11.9. The van der Waals surface area contributed by atoms with Crippen LogP contribution >= 0.6 is 0 Å². The first-order chi connectivity index (χ1) is 7.01. The molecule has 15 heavy (non-hydrogen) atoms. The average Bonchev–Trinajstić information content (AvgIpc) is 2.58. The van der Waals surface area contributed by atoms with Crippen molar-refractivity contribution in [2.45, 2.75) is 45.8 Å². The number of aromatic nitrogens is 3. The van der Waals surface area contributed by atoms with Gasteiger partial charge >= 0.3 is 0 Å². The monoisotopic (exact) mass is 214 g/mol. The van der Waals surface area contributed by atoms with E-state index in [4.69, 9.17) is 0 Å². The predicted octanol–water partition coefficient (Wildman–Crippen LogP) is 1.53.